The standard InChI is InChI=1S/C11H21NO6S/c1-9(5-6-10(13)14)8-12-19(16,17)7-3-4-11(15)18-2/h9,12H,3-8H2,1-2H3,(H,13,14). The summed E-state index contributed by atoms with van der Waals surface area (Å²) < 4.78 is 29.9. The first kappa shape index (κ1) is 17.8. The Bertz CT molecular complexity index is 392. The average molecular weight is 295 g/mol. The summed E-state index contributed by atoms with van der Waals surface area (Å²) >= 11 is 0. The average Bonchev–Trinajstić information content (AvgIpc) is 2.33. The smallest absolute Gasteiger partial charge is 0.305 e. The van der Waals surface area contributed by atoms with Gasteiger partial charge < -0.3 is 9.84 Å². The Kier molecular flexibility index (Phi) is 8.33. The van der Waals surface area contributed by atoms with Gasteiger partial charge in [-0.1, -0.05) is 6.92 Å². The molecule has 0 aliphatic carbocycles. The molecule has 0 saturated carbocycles. The van der Waals surface area contributed by atoms with Gasteiger partial charge in [0.05, 0.1) is 12.9 Å². The molecule has 0 rings (SSSR count). The number of ether oxygens (including phenoxy) is 1. The second-order valence-corrected chi connectivity index (χ2v) is 6.31. The van der Waals surface area contributed by atoms with Crippen molar-refractivity contribution in [1.82, 2.24) is 4.72 Å². The van der Waals surface area contributed by atoms with Crippen molar-refractivity contribution >= 4 is 22.0 Å². The van der Waals surface area contributed by atoms with Gasteiger partial charge in [0.25, 0.3) is 0 Å². The van der Waals surface area contributed by atoms with Crippen molar-refractivity contribution in [1.29, 1.82) is 0 Å². The summed E-state index contributed by atoms with van der Waals surface area (Å²) in [6.07, 6.45) is 0.697. The Morgan fingerprint density at radius 3 is 2.47 bits per heavy atom. The lowest BCUT2D eigenvalue weighted by molar-refractivity contribution is -0.140. The number of rotatable bonds is 10. The minimum absolute atomic E-state index is 0.0191. The van der Waals surface area contributed by atoms with Gasteiger partial charge >= 0.3 is 11.9 Å². The highest BCUT2D eigenvalue weighted by Crippen LogP contribution is 2.05. The Labute approximate surface area is 113 Å². The third kappa shape index (κ3) is 10.5. The molecule has 8 heteroatoms. The van der Waals surface area contributed by atoms with Crippen LogP contribution >= 0.6 is 0 Å². The van der Waals surface area contributed by atoms with Crippen molar-refractivity contribution in [3.8, 4) is 0 Å². The Morgan fingerprint density at radius 1 is 1.32 bits per heavy atom. The van der Waals surface area contributed by atoms with Crippen LogP contribution in [0.25, 0.3) is 0 Å². The summed E-state index contributed by atoms with van der Waals surface area (Å²) in [6, 6.07) is 0. The maximum Gasteiger partial charge on any atom is 0.305 e. The van der Waals surface area contributed by atoms with Crippen LogP contribution in [0.5, 0.6) is 0 Å². The van der Waals surface area contributed by atoms with E-state index in [4.69, 9.17) is 5.11 Å². The van der Waals surface area contributed by atoms with Gasteiger partial charge in [-0.05, 0) is 18.8 Å². The van der Waals surface area contributed by atoms with Crippen molar-refractivity contribution in [3.05, 3.63) is 0 Å². The summed E-state index contributed by atoms with van der Waals surface area (Å²) in [7, 11) is -2.18. The molecule has 2 N–H and O–H groups in total. The first-order valence-corrected chi connectivity index (χ1v) is 7.68. The molecule has 112 valence electrons. The summed E-state index contributed by atoms with van der Waals surface area (Å²) in [6.45, 7) is 1.98. The van der Waals surface area contributed by atoms with E-state index in [9.17, 15) is 18.0 Å². The van der Waals surface area contributed by atoms with Crippen LogP contribution in [0.4, 0.5) is 0 Å². The molecular weight excluding hydrogens is 274 g/mol. The molecule has 0 spiro atoms. The molecule has 0 heterocycles. The van der Waals surface area contributed by atoms with E-state index >= 15 is 0 Å². The summed E-state index contributed by atoms with van der Waals surface area (Å²) in [5.41, 5.74) is 0. The van der Waals surface area contributed by atoms with Crippen LogP contribution < -0.4 is 4.72 Å². The topological polar surface area (TPSA) is 110 Å². The highest BCUT2D eigenvalue weighted by molar-refractivity contribution is 7.89. The van der Waals surface area contributed by atoms with Crippen molar-refractivity contribution in [2.75, 3.05) is 19.4 Å². The first-order valence-electron chi connectivity index (χ1n) is 6.02. The number of methoxy groups -OCH3 is 1. The molecule has 7 nitrogen and oxygen atoms in total. The summed E-state index contributed by atoms with van der Waals surface area (Å²) in [4.78, 5) is 21.2. The Morgan fingerprint density at radius 2 is 1.95 bits per heavy atom. The molecule has 0 aromatic carbocycles. The van der Waals surface area contributed by atoms with E-state index in [2.05, 4.69) is 9.46 Å². The number of sulfonamides is 1. The van der Waals surface area contributed by atoms with E-state index in [1.807, 2.05) is 0 Å². The van der Waals surface area contributed by atoms with Crippen LogP contribution in [0.15, 0.2) is 0 Å². The van der Waals surface area contributed by atoms with E-state index in [-0.39, 0.29) is 37.5 Å². The predicted octanol–water partition coefficient (Wildman–Crippen LogP) is 0.360. The quantitative estimate of drug-likeness (QED) is 0.563. The van der Waals surface area contributed by atoms with Crippen LogP contribution in [0.1, 0.15) is 32.6 Å². The zero-order chi connectivity index (χ0) is 14.9. The summed E-state index contributed by atoms with van der Waals surface area (Å²) in [5, 5.41) is 8.50. The first-order chi connectivity index (χ1) is 8.76. The predicted molar refractivity (Wildman–Crippen MR) is 69.1 cm³/mol. The van der Waals surface area contributed by atoms with Crippen LogP contribution in [0.2, 0.25) is 0 Å². The van der Waals surface area contributed by atoms with Crippen LogP contribution in [-0.2, 0) is 24.3 Å². The summed E-state index contributed by atoms with van der Waals surface area (Å²) in [5.74, 6) is -1.53. The molecule has 0 aliphatic rings. The second-order valence-electron chi connectivity index (χ2n) is 4.38. The number of carboxylic acids is 1. The van der Waals surface area contributed by atoms with E-state index in [0.29, 0.717) is 6.42 Å². The Hall–Kier alpha value is -1.15. The fourth-order valence-electron chi connectivity index (χ4n) is 1.32. The van der Waals surface area contributed by atoms with Crippen molar-refractivity contribution in [2.24, 2.45) is 5.92 Å². The molecule has 0 aliphatic heterocycles. The maximum absolute atomic E-state index is 11.6. The number of hydrogen-bond donors (Lipinski definition) is 2. The zero-order valence-corrected chi connectivity index (χ0v) is 12.0. The van der Waals surface area contributed by atoms with Crippen molar-refractivity contribution in [2.45, 2.75) is 32.6 Å². The number of carbonyl (C=O) groups is 2. The minimum atomic E-state index is -3.42. The third-order valence-electron chi connectivity index (χ3n) is 2.52. The highest BCUT2D eigenvalue weighted by Gasteiger charge is 2.13. The van der Waals surface area contributed by atoms with Crippen molar-refractivity contribution < 1.29 is 27.9 Å². The SMILES string of the molecule is COC(=O)CCCS(=O)(=O)NCC(C)CCC(=O)O. The number of carboxylic acid groups (broad SMARTS) is 1. The van der Waals surface area contributed by atoms with Gasteiger partial charge in [-0.25, -0.2) is 13.1 Å². The number of carbonyl (C=O) groups excluding carboxylic acids is 1. The van der Waals surface area contributed by atoms with Gasteiger partial charge in [-0.2, -0.15) is 0 Å². The molecule has 1 unspecified atom stereocenters. The second kappa shape index (κ2) is 8.87. The molecule has 0 saturated heterocycles. The number of hydrogen-bond acceptors (Lipinski definition) is 5. The van der Waals surface area contributed by atoms with E-state index in [0.717, 1.165) is 0 Å². The maximum atomic E-state index is 11.6. The fourth-order valence-corrected chi connectivity index (χ4v) is 2.53. The molecule has 1 atom stereocenters. The molecular formula is C11H21NO6S. The number of esters is 1. The molecule has 0 bridgehead atoms. The van der Waals surface area contributed by atoms with Gasteiger partial charge in [0.2, 0.25) is 10.0 Å². The Balaban J connectivity index is 3.90. The van der Waals surface area contributed by atoms with Gasteiger partial charge in [0, 0.05) is 19.4 Å². The molecule has 0 aromatic rings. The van der Waals surface area contributed by atoms with E-state index in [1.54, 1.807) is 6.92 Å². The van der Waals surface area contributed by atoms with Crippen LogP contribution in [-0.4, -0.2) is 44.9 Å². The molecule has 0 fully saturated rings. The van der Waals surface area contributed by atoms with Gasteiger partial charge in [-0.3, -0.25) is 9.59 Å². The van der Waals surface area contributed by atoms with Gasteiger partial charge in [-0.15, -0.1) is 0 Å². The van der Waals surface area contributed by atoms with E-state index in [1.165, 1.54) is 7.11 Å². The van der Waals surface area contributed by atoms with Gasteiger partial charge in [0.15, 0.2) is 0 Å². The normalized spacial score (nSPS) is 12.9. The number of aliphatic carboxylic acids is 1. The lowest BCUT2D eigenvalue weighted by atomic mass is 10.1. The van der Waals surface area contributed by atoms with Crippen LogP contribution in [0.3, 0.4) is 0 Å². The third-order valence-corrected chi connectivity index (χ3v) is 3.96. The minimum Gasteiger partial charge on any atom is -0.481 e. The molecule has 19 heavy (non-hydrogen) atoms. The lowest BCUT2D eigenvalue weighted by Crippen LogP contribution is -2.31. The largest absolute Gasteiger partial charge is 0.481 e. The monoisotopic (exact) mass is 295 g/mol. The fraction of sp³-hybridized carbons (Fsp3) is 0.818. The molecule has 0 aromatic heterocycles. The van der Waals surface area contributed by atoms with Gasteiger partial charge in [0.1, 0.15) is 0 Å². The zero-order valence-electron chi connectivity index (χ0n) is 11.2. The van der Waals surface area contributed by atoms with E-state index < -0.39 is 22.0 Å². The van der Waals surface area contributed by atoms with Crippen molar-refractivity contribution in [3.63, 3.8) is 0 Å². The molecule has 0 radical (unpaired) electrons. The van der Waals surface area contributed by atoms with Crippen LogP contribution in [0, 0.1) is 5.92 Å². The lowest BCUT2D eigenvalue weighted by Gasteiger charge is -2.11. The highest BCUT2D eigenvalue weighted by atomic mass is 32.2. The number of nitrogens with one attached hydrogen (secondary N) is 1. The molecule has 0 amide bonds.